The zero-order valence-corrected chi connectivity index (χ0v) is 13.6. The molecule has 2 aromatic rings. The molecule has 2 fully saturated rings. The third kappa shape index (κ3) is 3.27. The topological polar surface area (TPSA) is 71.3 Å². The maximum absolute atomic E-state index is 12.8. The Morgan fingerprint density at radius 3 is 2.71 bits per heavy atom. The second-order valence-electron chi connectivity index (χ2n) is 6.61. The fourth-order valence-electron chi connectivity index (χ4n) is 3.28. The van der Waals surface area contributed by atoms with Crippen molar-refractivity contribution in [3.05, 3.63) is 42.4 Å². The van der Waals surface area contributed by atoms with Crippen molar-refractivity contribution >= 4 is 11.7 Å². The molecule has 126 valence electrons. The van der Waals surface area contributed by atoms with Gasteiger partial charge in [0.05, 0.1) is 30.4 Å². The monoisotopic (exact) mass is 326 g/mol. The van der Waals surface area contributed by atoms with E-state index in [0.717, 1.165) is 43.8 Å². The number of aromatic nitrogens is 2. The molecule has 1 N–H and O–H groups in total. The molecule has 0 bridgehead atoms. The van der Waals surface area contributed by atoms with E-state index in [-0.39, 0.29) is 12.1 Å². The number of furan rings is 1. The van der Waals surface area contributed by atoms with Crippen molar-refractivity contribution in [3.8, 4) is 0 Å². The maximum atomic E-state index is 12.8. The summed E-state index contributed by atoms with van der Waals surface area (Å²) in [7, 11) is 0. The molecule has 4 rings (SSSR count). The molecular formula is C18H22N4O2. The van der Waals surface area contributed by atoms with E-state index in [9.17, 15) is 4.79 Å². The van der Waals surface area contributed by atoms with Crippen LogP contribution in [0.3, 0.4) is 0 Å². The minimum Gasteiger partial charge on any atom is -0.467 e. The maximum Gasteiger partial charge on any atom is 0.322 e. The van der Waals surface area contributed by atoms with Crippen molar-refractivity contribution in [2.45, 2.75) is 50.5 Å². The lowest BCUT2D eigenvalue weighted by Crippen LogP contribution is -2.38. The highest BCUT2D eigenvalue weighted by Crippen LogP contribution is 2.37. The van der Waals surface area contributed by atoms with Gasteiger partial charge in [-0.1, -0.05) is 12.8 Å². The zero-order chi connectivity index (χ0) is 16.4. The Kier molecular flexibility index (Phi) is 4.19. The van der Waals surface area contributed by atoms with Crippen LogP contribution in [0.2, 0.25) is 0 Å². The van der Waals surface area contributed by atoms with E-state index < -0.39 is 0 Å². The number of urea groups is 1. The number of hydrogen-bond donors (Lipinski definition) is 1. The molecule has 6 heteroatoms. The Bertz CT molecular complexity index is 680. The highest BCUT2D eigenvalue weighted by atomic mass is 16.3. The Morgan fingerprint density at radius 2 is 2.00 bits per heavy atom. The lowest BCUT2D eigenvalue weighted by molar-refractivity contribution is 0.179. The van der Waals surface area contributed by atoms with E-state index in [2.05, 4.69) is 15.3 Å². The van der Waals surface area contributed by atoms with E-state index in [4.69, 9.17) is 4.42 Å². The Labute approximate surface area is 141 Å². The summed E-state index contributed by atoms with van der Waals surface area (Å²) in [4.78, 5) is 23.4. The molecule has 2 aromatic heterocycles. The van der Waals surface area contributed by atoms with Gasteiger partial charge < -0.3 is 14.6 Å². The first kappa shape index (κ1) is 15.2. The number of amides is 2. The molecule has 24 heavy (non-hydrogen) atoms. The van der Waals surface area contributed by atoms with Crippen molar-refractivity contribution in [2.24, 2.45) is 0 Å². The molecule has 1 aliphatic heterocycles. The van der Waals surface area contributed by atoms with Crippen LogP contribution in [0.15, 0.2) is 35.2 Å². The van der Waals surface area contributed by atoms with Gasteiger partial charge >= 0.3 is 6.03 Å². The first-order chi connectivity index (χ1) is 11.8. The third-order valence-electron chi connectivity index (χ3n) is 4.75. The number of nitrogens with zero attached hydrogens (tertiary/aromatic N) is 3. The van der Waals surface area contributed by atoms with Gasteiger partial charge in [0.1, 0.15) is 11.6 Å². The molecule has 0 spiro atoms. The number of rotatable bonds is 3. The van der Waals surface area contributed by atoms with Crippen LogP contribution in [0.25, 0.3) is 0 Å². The molecule has 0 radical (unpaired) electrons. The van der Waals surface area contributed by atoms with Gasteiger partial charge in [-0.05, 0) is 37.8 Å². The highest BCUT2D eigenvalue weighted by molar-refractivity contribution is 5.89. The third-order valence-corrected chi connectivity index (χ3v) is 4.75. The van der Waals surface area contributed by atoms with Crippen LogP contribution in [-0.4, -0.2) is 27.4 Å². The molecule has 1 atom stereocenters. The van der Waals surface area contributed by atoms with Crippen LogP contribution < -0.4 is 5.32 Å². The average molecular weight is 326 g/mol. The van der Waals surface area contributed by atoms with Crippen LogP contribution >= 0.6 is 0 Å². The molecule has 1 aliphatic carbocycles. The van der Waals surface area contributed by atoms with Gasteiger partial charge in [-0.3, -0.25) is 0 Å². The minimum absolute atomic E-state index is 0.00541. The summed E-state index contributed by atoms with van der Waals surface area (Å²) in [5, 5.41) is 2.94. The summed E-state index contributed by atoms with van der Waals surface area (Å²) < 4.78 is 5.56. The van der Waals surface area contributed by atoms with Crippen molar-refractivity contribution in [2.75, 3.05) is 11.9 Å². The summed E-state index contributed by atoms with van der Waals surface area (Å²) in [5.41, 5.74) is 0.645. The molecule has 3 heterocycles. The van der Waals surface area contributed by atoms with Gasteiger partial charge in [-0.25, -0.2) is 14.8 Å². The van der Waals surface area contributed by atoms with E-state index in [0.29, 0.717) is 11.6 Å². The number of carbonyl (C=O) groups is 1. The quantitative estimate of drug-likeness (QED) is 0.922. The number of hydrogen-bond acceptors (Lipinski definition) is 4. The van der Waals surface area contributed by atoms with E-state index in [1.807, 2.05) is 17.0 Å². The Hall–Kier alpha value is -2.37. The smallest absolute Gasteiger partial charge is 0.322 e. The Morgan fingerprint density at radius 1 is 1.17 bits per heavy atom. The van der Waals surface area contributed by atoms with Gasteiger partial charge in [0.25, 0.3) is 0 Å². The fraction of sp³-hybridized carbons (Fsp3) is 0.500. The van der Waals surface area contributed by atoms with E-state index in [1.165, 1.54) is 12.8 Å². The van der Waals surface area contributed by atoms with Crippen LogP contribution in [0, 0.1) is 0 Å². The van der Waals surface area contributed by atoms with Crippen LogP contribution in [0.5, 0.6) is 0 Å². The largest absolute Gasteiger partial charge is 0.467 e. The second-order valence-corrected chi connectivity index (χ2v) is 6.61. The predicted octanol–water partition coefficient (Wildman–Crippen LogP) is 4.10. The Balaban J connectivity index is 1.48. The molecular weight excluding hydrogens is 304 g/mol. The molecule has 0 aromatic carbocycles. The fourth-order valence-corrected chi connectivity index (χ4v) is 3.28. The van der Waals surface area contributed by atoms with Gasteiger partial charge in [0.2, 0.25) is 0 Å². The molecule has 1 saturated carbocycles. The lowest BCUT2D eigenvalue weighted by atomic mass is 10.1. The molecule has 2 aliphatic rings. The van der Waals surface area contributed by atoms with Crippen molar-refractivity contribution < 1.29 is 9.21 Å². The molecule has 1 saturated heterocycles. The van der Waals surface area contributed by atoms with Gasteiger partial charge in [-0.15, -0.1) is 0 Å². The number of likely N-dealkylation sites (tertiary alicyclic amines) is 1. The first-order valence-electron chi connectivity index (χ1n) is 8.74. The minimum atomic E-state index is -0.110. The number of carbonyl (C=O) groups excluding carboxylic acids is 1. The van der Waals surface area contributed by atoms with E-state index in [1.54, 1.807) is 18.7 Å². The summed E-state index contributed by atoms with van der Waals surface area (Å²) in [6.07, 6.45) is 11.6. The van der Waals surface area contributed by atoms with Crippen molar-refractivity contribution in [1.82, 2.24) is 14.9 Å². The normalized spacial score (nSPS) is 21.3. The number of anilines is 1. The zero-order valence-electron chi connectivity index (χ0n) is 13.6. The predicted molar refractivity (Wildman–Crippen MR) is 89.6 cm³/mol. The highest BCUT2D eigenvalue weighted by Gasteiger charge is 2.29. The summed E-state index contributed by atoms with van der Waals surface area (Å²) in [6.45, 7) is 0.734. The van der Waals surface area contributed by atoms with Gasteiger partial charge in [-0.2, -0.15) is 0 Å². The standard InChI is InChI=1S/C18H22N4O2/c23-18(21-14-11-19-17(20-12-14)13-7-8-13)22-9-3-1-2-5-15(22)16-6-4-10-24-16/h4,6,10-13,15H,1-3,5,7-9H2,(H,21,23)/t15-/m1/s1. The SMILES string of the molecule is O=C(Nc1cnc(C2CC2)nc1)N1CCCCC[C@@H]1c1ccco1. The molecule has 2 amide bonds. The van der Waals surface area contributed by atoms with Crippen molar-refractivity contribution in [3.63, 3.8) is 0 Å². The first-order valence-corrected chi connectivity index (χ1v) is 8.74. The van der Waals surface area contributed by atoms with Crippen LogP contribution in [0.1, 0.15) is 62.1 Å². The molecule has 6 nitrogen and oxygen atoms in total. The lowest BCUT2D eigenvalue weighted by Gasteiger charge is -2.28. The van der Waals surface area contributed by atoms with Crippen LogP contribution in [-0.2, 0) is 0 Å². The molecule has 0 unspecified atom stereocenters. The average Bonchev–Trinajstić information content (AvgIpc) is 3.36. The van der Waals surface area contributed by atoms with Gasteiger partial charge in [0, 0.05) is 12.5 Å². The van der Waals surface area contributed by atoms with Crippen molar-refractivity contribution in [1.29, 1.82) is 0 Å². The second kappa shape index (κ2) is 6.63. The van der Waals surface area contributed by atoms with Crippen LogP contribution in [0.4, 0.5) is 10.5 Å². The summed E-state index contributed by atoms with van der Waals surface area (Å²) in [6, 6.07) is 3.71. The number of nitrogens with one attached hydrogen (secondary N) is 1. The van der Waals surface area contributed by atoms with E-state index >= 15 is 0 Å². The summed E-state index contributed by atoms with van der Waals surface area (Å²) >= 11 is 0. The summed E-state index contributed by atoms with van der Waals surface area (Å²) in [5.74, 6) is 2.26. The van der Waals surface area contributed by atoms with Gasteiger partial charge in [0.15, 0.2) is 0 Å².